The lowest BCUT2D eigenvalue weighted by atomic mass is 9.89. The van der Waals surface area contributed by atoms with Gasteiger partial charge in [0.15, 0.2) is 0 Å². The standard InChI is InChI=1S/C19H25FN2O4/c1-11-6-12(17(23)24)10-22(9-11)18(25)21-15-8-19(2,3)26-16-7-13(20)4-5-14(15)16/h4-5,7,11-12,15H,6,8-10H2,1-3H3,(H,21,25)(H,23,24). The van der Waals surface area contributed by atoms with Crippen molar-refractivity contribution in [3.8, 4) is 5.75 Å². The second-order valence-corrected chi connectivity index (χ2v) is 8.03. The minimum Gasteiger partial charge on any atom is -0.487 e. The molecule has 0 saturated carbocycles. The number of piperidine rings is 1. The normalized spacial score (nSPS) is 27.2. The fraction of sp³-hybridized carbons (Fsp3) is 0.579. The lowest BCUT2D eigenvalue weighted by Crippen LogP contribution is -2.51. The highest BCUT2D eigenvalue weighted by Crippen LogP contribution is 2.40. The Morgan fingerprint density at radius 2 is 2.08 bits per heavy atom. The largest absolute Gasteiger partial charge is 0.487 e. The zero-order valence-corrected chi connectivity index (χ0v) is 15.3. The highest BCUT2D eigenvalue weighted by atomic mass is 19.1. The number of hydrogen-bond donors (Lipinski definition) is 2. The lowest BCUT2D eigenvalue weighted by molar-refractivity contribution is -0.143. The van der Waals surface area contributed by atoms with E-state index >= 15 is 0 Å². The number of nitrogens with zero attached hydrogens (tertiary/aromatic N) is 1. The molecular formula is C19H25FN2O4. The smallest absolute Gasteiger partial charge is 0.317 e. The highest BCUT2D eigenvalue weighted by molar-refractivity contribution is 5.77. The third-order valence-corrected chi connectivity index (χ3v) is 5.03. The summed E-state index contributed by atoms with van der Waals surface area (Å²) in [7, 11) is 0. The molecule has 1 fully saturated rings. The van der Waals surface area contributed by atoms with Gasteiger partial charge >= 0.3 is 12.0 Å². The number of carboxylic acid groups (broad SMARTS) is 1. The summed E-state index contributed by atoms with van der Waals surface area (Å²) in [6, 6.07) is 3.70. The first-order valence-corrected chi connectivity index (χ1v) is 8.91. The fourth-order valence-corrected chi connectivity index (χ4v) is 3.89. The predicted octanol–water partition coefficient (Wildman–Crippen LogP) is 3.18. The molecule has 0 aliphatic carbocycles. The molecule has 2 aliphatic rings. The van der Waals surface area contributed by atoms with Gasteiger partial charge in [0.1, 0.15) is 17.2 Å². The van der Waals surface area contributed by atoms with Crippen LogP contribution in [0.2, 0.25) is 0 Å². The van der Waals surface area contributed by atoms with Crippen LogP contribution < -0.4 is 10.1 Å². The van der Waals surface area contributed by atoms with Crippen LogP contribution in [0.4, 0.5) is 9.18 Å². The molecule has 0 spiro atoms. The number of halogens is 1. The Labute approximate surface area is 152 Å². The van der Waals surface area contributed by atoms with Gasteiger partial charge in [-0.15, -0.1) is 0 Å². The number of fused-ring (bicyclic) bond motifs is 1. The molecule has 2 aliphatic heterocycles. The van der Waals surface area contributed by atoms with Crippen LogP contribution in [0.15, 0.2) is 18.2 Å². The molecule has 3 unspecified atom stereocenters. The van der Waals surface area contributed by atoms with Gasteiger partial charge < -0.3 is 20.1 Å². The maximum Gasteiger partial charge on any atom is 0.317 e. The first-order chi connectivity index (χ1) is 12.1. The number of amides is 2. The Hall–Kier alpha value is -2.31. The van der Waals surface area contributed by atoms with Crippen LogP contribution in [0.5, 0.6) is 5.75 Å². The average Bonchev–Trinajstić information content (AvgIpc) is 2.52. The summed E-state index contributed by atoms with van der Waals surface area (Å²) >= 11 is 0. The second-order valence-electron chi connectivity index (χ2n) is 8.03. The number of carbonyl (C=O) groups excluding carboxylic acids is 1. The number of ether oxygens (including phenoxy) is 1. The summed E-state index contributed by atoms with van der Waals surface area (Å²) in [5.41, 5.74) is 0.191. The number of carbonyl (C=O) groups is 2. The Morgan fingerprint density at radius 1 is 1.35 bits per heavy atom. The molecule has 142 valence electrons. The van der Waals surface area contributed by atoms with E-state index in [1.165, 1.54) is 12.1 Å². The molecule has 1 aromatic carbocycles. The van der Waals surface area contributed by atoms with E-state index in [1.807, 2.05) is 20.8 Å². The van der Waals surface area contributed by atoms with E-state index in [4.69, 9.17) is 4.74 Å². The van der Waals surface area contributed by atoms with Crippen LogP contribution in [0.1, 0.15) is 45.2 Å². The second kappa shape index (κ2) is 6.78. The maximum atomic E-state index is 13.6. The lowest BCUT2D eigenvalue weighted by Gasteiger charge is -2.40. The minimum absolute atomic E-state index is 0.128. The van der Waals surface area contributed by atoms with Crippen LogP contribution in [0.25, 0.3) is 0 Å². The van der Waals surface area contributed by atoms with Gasteiger partial charge in [-0.05, 0) is 32.3 Å². The molecule has 3 atom stereocenters. The molecule has 2 amide bonds. The summed E-state index contributed by atoms with van der Waals surface area (Å²) in [4.78, 5) is 25.7. The van der Waals surface area contributed by atoms with Crippen molar-refractivity contribution in [2.24, 2.45) is 11.8 Å². The maximum absolute atomic E-state index is 13.6. The topological polar surface area (TPSA) is 78.9 Å². The summed E-state index contributed by atoms with van der Waals surface area (Å²) in [6.07, 6.45) is 1.12. The van der Waals surface area contributed by atoms with Crippen LogP contribution in [-0.2, 0) is 4.79 Å². The van der Waals surface area contributed by atoms with Crippen molar-refractivity contribution in [2.45, 2.75) is 45.3 Å². The van der Waals surface area contributed by atoms with E-state index < -0.39 is 17.5 Å². The van der Waals surface area contributed by atoms with Gasteiger partial charge in [-0.25, -0.2) is 9.18 Å². The van der Waals surface area contributed by atoms with Crippen molar-refractivity contribution >= 4 is 12.0 Å². The molecule has 2 N–H and O–H groups in total. The molecule has 3 rings (SSSR count). The van der Waals surface area contributed by atoms with E-state index in [0.717, 1.165) is 5.56 Å². The highest BCUT2D eigenvalue weighted by Gasteiger charge is 2.37. The Morgan fingerprint density at radius 3 is 2.77 bits per heavy atom. The predicted molar refractivity (Wildman–Crippen MR) is 93.5 cm³/mol. The average molecular weight is 364 g/mol. The van der Waals surface area contributed by atoms with Gasteiger partial charge in [-0.2, -0.15) is 0 Å². The summed E-state index contributed by atoms with van der Waals surface area (Å²) < 4.78 is 19.4. The van der Waals surface area contributed by atoms with Crippen LogP contribution in [-0.4, -0.2) is 40.7 Å². The van der Waals surface area contributed by atoms with E-state index in [2.05, 4.69) is 5.32 Å². The first-order valence-electron chi connectivity index (χ1n) is 8.91. The molecule has 26 heavy (non-hydrogen) atoms. The molecule has 1 aromatic rings. The van der Waals surface area contributed by atoms with Crippen LogP contribution in [0.3, 0.4) is 0 Å². The Bertz CT molecular complexity index is 721. The number of hydrogen-bond acceptors (Lipinski definition) is 3. The number of rotatable bonds is 2. The van der Waals surface area contributed by atoms with Crippen molar-refractivity contribution in [3.63, 3.8) is 0 Å². The van der Waals surface area contributed by atoms with E-state index in [1.54, 1.807) is 11.0 Å². The minimum atomic E-state index is -0.873. The van der Waals surface area contributed by atoms with Gasteiger partial charge in [0, 0.05) is 31.1 Å². The Balaban J connectivity index is 1.77. The van der Waals surface area contributed by atoms with E-state index in [0.29, 0.717) is 25.1 Å². The van der Waals surface area contributed by atoms with Gasteiger partial charge in [0.05, 0.1) is 12.0 Å². The van der Waals surface area contributed by atoms with E-state index in [9.17, 15) is 19.1 Å². The van der Waals surface area contributed by atoms with Crippen molar-refractivity contribution in [2.75, 3.05) is 13.1 Å². The van der Waals surface area contributed by atoms with E-state index in [-0.39, 0.29) is 30.4 Å². The SMILES string of the molecule is CC1CC(C(=O)O)CN(C(=O)NC2CC(C)(C)Oc3cc(F)ccc32)C1. The third-order valence-electron chi connectivity index (χ3n) is 5.03. The van der Waals surface area contributed by atoms with Crippen molar-refractivity contribution in [3.05, 3.63) is 29.6 Å². The third kappa shape index (κ3) is 3.92. The first kappa shape index (κ1) is 18.5. The van der Waals surface area contributed by atoms with Gasteiger partial charge in [0.2, 0.25) is 0 Å². The number of likely N-dealkylation sites (tertiary alicyclic amines) is 1. The molecule has 0 aromatic heterocycles. The Kier molecular flexibility index (Phi) is 4.82. The molecule has 2 heterocycles. The van der Waals surface area contributed by atoms with Crippen molar-refractivity contribution < 1.29 is 23.8 Å². The van der Waals surface area contributed by atoms with Gasteiger partial charge in [-0.3, -0.25) is 4.79 Å². The molecule has 7 heteroatoms. The number of benzene rings is 1. The molecule has 0 bridgehead atoms. The van der Waals surface area contributed by atoms with Crippen LogP contribution in [0, 0.1) is 17.7 Å². The van der Waals surface area contributed by atoms with Crippen LogP contribution >= 0.6 is 0 Å². The summed E-state index contributed by atoms with van der Waals surface area (Å²) in [5.74, 6) is -1.25. The summed E-state index contributed by atoms with van der Waals surface area (Å²) in [6.45, 7) is 6.46. The summed E-state index contributed by atoms with van der Waals surface area (Å²) in [5, 5.41) is 12.3. The van der Waals surface area contributed by atoms with Crippen molar-refractivity contribution in [1.29, 1.82) is 0 Å². The quantitative estimate of drug-likeness (QED) is 0.845. The number of urea groups is 1. The molecule has 6 nitrogen and oxygen atoms in total. The molecular weight excluding hydrogens is 339 g/mol. The van der Waals surface area contributed by atoms with Gasteiger partial charge in [-0.1, -0.05) is 13.0 Å². The zero-order chi connectivity index (χ0) is 19.1. The molecule has 0 radical (unpaired) electrons. The van der Waals surface area contributed by atoms with Gasteiger partial charge in [0.25, 0.3) is 0 Å². The fourth-order valence-electron chi connectivity index (χ4n) is 3.89. The number of carboxylic acids is 1. The molecule has 1 saturated heterocycles. The number of nitrogens with one attached hydrogen (secondary N) is 1. The zero-order valence-electron chi connectivity index (χ0n) is 15.3. The van der Waals surface area contributed by atoms with Crippen molar-refractivity contribution in [1.82, 2.24) is 10.2 Å². The monoisotopic (exact) mass is 364 g/mol. The number of aliphatic carboxylic acids is 1.